The molecule has 1 aromatic rings. The van der Waals surface area contributed by atoms with Crippen molar-refractivity contribution in [3.05, 3.63) is 29.8 Å². The first-order chi connectivity index (χ1) is 11.0. The lowest BCUT2D eigenvalue weighted by Gasteiger charge is -2.20. The van der Waals surface area contributed by atoms with Gasteiger partial charge in [0.25, 0.3) is 0 Å². The molecule has 0 spiro atoms. The zero-order valence-electron chi connectivity index (χ0n) is 12.8. The first kappa shape index (κ1) is 16.6. The van der Waals surface area contributed by atoms with E-state index < -0.39 is 18.0 Å². The van der Waals surface area contributed by atoms with Gasteiger partial charge in [-0.3, -0.25) is 14.5 Å². The third kappa shape index (κ3) is 4.35. The van der Waals surface area contributed by atoms with E-state index >= 15 is 0 Å². The van der Waals surface area contributed by atoms with E-state index in [-0.39, 0.29) is 32.0 Å². The Kier molecular flexibility index (Phi) is 5.40. The lowest BCUT2D eigenvalue weighted by Crippen LogP contribution is -2.46. The largest absolute Gasteiger partial charge is 0.497 e. The summed E-state index contributed by atoms with van der Waals surface area (Å²) in [6.07, 6.45) is -0.498. The van der Waals surface area contributed by atoms with Crippen LogP contribution in [-0.2, 0) is 20.9 Å². The van der Waals surface area contributed by atoms with Crippen molar-refractivity contribution in [1.29, 1.82) is 0 Å². The highest BCUT2D eigenvalue weighted by molar-refractivity contribution is 5.88. The van der Waals surface area contributed by atoms with Gasteiger partial charge in [0.15, 0.2) is 0 Å². The van der Waals surface area contributed by atoms with E-state index in [9.17, 15) is 14.4 Å². The van der Waals surface area contributed by atoms with Gasteiger partial charge in [-0.15, -0.1) is 0 Å². The van der Waals surface area contributed by atoms with Crippen LogP contribution in [0.15, 0.2) is 24.3 Å². The lowest BCUT2D eigenvalue weighted by molar-refractivity contribution is -0.125. The summed E-state index contributed by atoms with van der Waals surface area (Å²) in [5.74, 6) is -0.164. The fourth-order valence-corrected chi connectivity index (χ4v) is 2.20. The Morgan fingerprint density at radius 3 is 2.70 bits per heavy atom. The molecular formula is C15H19N3O5. The van der Waals surface area contributed by atoms with Gasteiger partial charge in [-0.25, -0.2) is 4.79 Å². The van der Waals surface area contributed by atoms with Crippen molar-refractivity contribution in [3.63, 3.8) is 0 Å². The summed E-state index contributed by atoms with van der Waals surface area (Å²) in [5.41, 5.74) is 5.86. The van der Waals surface area contributed by atoms with Gasteiger partial charge in [0.1, 0.15) is 18.4 Å². The molecule has 1 atom stereocenters. The van der Waals surface area contributed by atoms with Gasteiger partial charge < -0.3 is 20.5 Å². The van der Waals surface area contributed by atoms with E-state index in [1.165, 1.54) is 4.90 Å². The first-order valence-electron chi connectivity index (χ1n) is 7.13. The molecule has 1 aliphatic rings. The Morgan fingerprint density at radius 1 is 1.39 bits per heavy atom. The molecule has 1 saturated heterocycles. The number of carbonyl (C=O) groups excluding carboxylic acids is 3. The predicted molar refractivity (Wildman–Crippen MR) is 80.5 cm³/mol. The fraction of sp³-hybridized carbons (Fsp3) is 0.400. The average molecular weight is 321 g/mol. The molecule has 0 saturated carbocycles. The molecule has 3 N–H and O–H groups in total. The van der Waals surface area contributed by atoms with Crippen LogP contribution in [0.5, 0.6) is 5.75 Å². The zero-order chi connectivity index (χ0) is 16.8. The molecule has 0 radical (unpaired) electrons. The van der Waals surface area contributed by atoms with E-state index in [1.807, 2.05) is 12.1 Å². The molecule has 1 fully saturated rings. The second-order valence-electron chi connectivity index (χ2n) is 5.08. The minimum Gasteiger partial charge on any atom is -0.497 e. The third-order valence-corrected chi connectivity index (χ3v) is 3.46. The number of nitrogens with two attached hydrogens (primary N) is 1. The van der Waals surface area contributed by atoms with Crippen molar-refractivity contribution in [3.8, 4) is 5.75 Å². The van der Waals surface area contributed by atoms with E-state index in [1.54, 1.807) is 19.2 Å². The van der Waals surface area contributed by atoms with Crippen LogP contribution in [0.25, 0.3) is 0 Å². The minimum atomic E-state index is -0.725. The lowest BCUT2D eigenvalue weighted by atomic mass is 10.1. The van der Waals surface area contributed by atoms with Gasteiger partial charge in [-0.05, 0) is 17.7 Å². The number of methoxy groups -OCH3 is 1. The molecule has 8 nitrogen and oxygen atoms in total. The zero-order valence-corrected chi connectivity index (χ0v) is 12.8. The van der Waals surface area contributed by atoms with Crippen LogP contribution in [0, 0.1) is 0 Å². The maximum Gasteiger partial charge on any atom is 0.410 e. The Hall–Kier alpha value is -2.77. The standard InChI is InChI=1S/C15H19N3O5/c1-22-11-4-2-10(3-5-11)8-18-12(9-23-15(18)21)14(20)17-7-6-13(16)19/h2-5,12H,6-9H2,1H3,(H2,16,19)(H,17,20)/t12-/m0/s1. The van der Waals surface area contributed by atoms with Gasteiger partial charge in [-0.2, -0.15) is 0 Å². The number of rotatable bonds is 7. The van der Waals surface area contributed by atoms with E-state index in [0.29, 0.717) is 5.75 Å². The Labute approximate surface area is 133 Å². The van der Waals surface area contributed by atoms with Crippen LogP contribution in [0.1, 0.15) is 12.0 Å². The average Bonchev–Trinajstić information content (AvgIpc) is 2.89. The van der Waals surface area contributed by atoms with Crippen molar-refractivity contribution < 1.29 is 23.9 Å². The quantitative estimate of drug-likeness (QED) is 0.735. The number of benzene rings is 1. The number of cyclic esters (lactones) is 1. The molecule has 0 unspecified atom stereocenters. The highest BCUT2D eigenvalue weighted by Crippen LogP contribution is 2.19. The number of nitrogens with zero attached hydrogens (tertiary/aromatic N) is 1. The number of amides is 3. The molecule has 3 amide bonds. The summed E-state index contributed by atoms with van der Waals surface area (Å²) in [6, 6.07) is 6.45. The molecule has 124 valence electrons. The fourth-order valence-electron chi connectivity index (χ4n) is 2.20. The smallest absolute Gasteiger partial charge is 0.410 e. The molecule has 1 aliphatic heterocycles. The Balaban J connectivity index is 1.98. The van der Waals surface area contributed by atoms with Crippen LogP contribution < -0.4 is 15.8 Å². The van der Waals surface area contributed by atoms with Crippen molar-refractivity contribution in [2.24, 2.45) is 5.73 Å². The second-order valence-corrected chi connectivity index (χ2v) is 5.08. The third-order valence-electron chi connectivity index (χ3n) is 3.46. The van der Waals surface area contributed by atoms with Crippen LogP contribution in [0.3, 0.4) is 0 Å². The Bertz CT molecular complexity index is 587. The summed E-state index contributed by atoms with van der Waals surface area (Å²) in [5, 5.41) is 2.58. The first-order valence-corrected chi connectivity index (χ1v) is 7.13. The van der Waals surface area contributed by atoms with Crippen LogP contribution >= 0.6 is 0 Å². The Morgan fingerprint density at radius 2 is 2.09 bits per heavy atom. The summed E-state index contributed by atoms with van der Waals surface area (Å²) in [4.78, 5) is 36.0. The molecule has 1 heterocycles. The maximum absolute atomic E-state index is 12.1. The maximum atomic E-state index is 12.1. The summed E-state index contributed by atoms with van der Waals surface area (Å²) >= 11 is 0. The number of carbonyl (C=O) groups is 3. The van der Waals surface area contributed by atoms with E-state index in [4.69, 9.17) is 15.2 Å². The van der Waals surface area contributed by atoms with Crippen LogP contribution in [0.2, 0.25) is 0 Å². The van der Waals surface area contributed by atoms with Crippen molar-refractivity contribution in [2.75, 3.05) is 20.3 Å². The normalized spacial score (nSPS) is 16.8. The van der Waals surface area contributed by atoms with Gasteiger partial charge in [0.05, 0.1) is 13.7 Å². The molecular weight excluding hydrogens is 302 g/mol. The van der Waals surface area contributed by atoms with Crippen molar-refractivity contribution in [2.45, 2.75) is 19.0 Å². The highest BCUT2D eigenvalue weighted by atomic mass is 16.6. The monoisotopic (exact) mass is 321 g/mol. The van der Waals surface area contributed by atoms with Crippen LogP contribution in [0.4, 0.5) is 4.79 Å². The second kappa shape index (κ2) is 7.48. The molecule has 8 heteroatoms. The summed E-state index contributed by atoms with van der Waals surface area (Å²) in [6.45, 7) is 0.364. The van der Waals surface area contributed by atoms with Crippen molar-refractivity contribution in [1.82, 2.24) is 10.2 Å². The SMILES string of the molecule is COc1ccc(CN2C(=O)OC[C@H]2C(=O)NCCC(N)=O)cc1. The molecule has 0 aromatic heterocycles. The molecule has 0 bridgehead atoms. The van der Waals surface area contributed by atoms with Crippen LogP contribution in [-0.4, -0.2) is 49.1 Å². The highest BCUT2D eigenvalue weighted by Gasteiger charge is 2.37. The molecule has 2 rings (SSSR count). The number of hydrogen-bond donors (Lipinski definition) is 2. The summed E-state index contributed by atoms with van der Waals surface area (Å²) < 4.78 is 10.0. The minimum absolute atomic E-state index is 0.0165. The van der Waals surface area contributed by atoms with Gasteiger partial charge in [0.2, 0.25) is 11.8 Å². The predicted octanol–water partition coefficient (Wildman–Crippen LogP) is 0.00760. The van der Waals surface area contributed by atoms with Gasteiger partial charge >= 0.3 is 6.09 Å². The summed E-state index contributed by atoms with van der Waals surface area (Å²) in [7, 11) is 1.57. The molecule has 1 aromatic carbocycles. The number of nitrogens with one attached hydrogen (secondary N) is 1. The molecule has 23 heavy (non-hydrogen) atoms. The number of hydrogen-bond acceptors (Lipinski definition) is 5. The van der Waals surface area contributed by atoms with Crippen molar-refractivity contribution >= 4 is 17.9 Å². The van der Waals surface area contributed by atoms with E-state index in [0.717, 1.165) is 5.56 Å². The van der Waals surface area contributed by atoms with Gasteiger partial charge in [-0.1, -0.05) is 12.1 Å². The van der Waals surface area contributed by atoms with Gasteiger partial charge in [0, 0.05) is 13.0 Å². The molecule has 0 aliphatic carbocycles. The number of ether oxygens (including phenoxy) is 2. The van der Waals surface area contributed by atoms with E-state index in [2.05, 4.69) is 5.32 Å². The number of primary amides is 1. The topological polar surface area (TPSA) is 111 Å².